The lowest BCUT2D eigenvalue weighted by Crippen LogP contribution is -2.00. The van der Waals surface area contributed by atoms with Crippen molar-refractivity contribution in [3.05, 3.63) is 36.3 Å². The number of hydrogen-bond donors (Lipinski definition) is 1. The quantitative estimate of drug-likeness (QED) is 0.772. The van der Waals surface area contributed by atoms with Crippen LogP contribution in [-0.4, -0.2) is 11.1 Å². The van der Waals surface area contributed by atoms with Gasteiger partial charge in [-0.05, 0) is 49.0 Å². The number of fused-ring (bicyclic) bond motifs is 1. The standard InChI is InChI=1S/C13H17FN2/c14-12-5-4-11-6-9-16(13(11)10-12)8-3-1-2-7-15/h4-6,9-10H,1-3,7-8,15H2. The maximum atomic E-state index is 13.1. The molecule has 3 heteroatoms. The van der Waals surface area contributed by atoms with E-state index in [1.165, 1.54) is 6.07 Å². The Labute approximate surface area is 94.9 Å². The third-order valence-electron chi connectivity index (χ3n) is 2.84. The van der Waals surface area contributed by atoms with Gasteiger partial charge < -0.3 is 10.3 Å². The van der Waals surface area contributed by atoms with E-state index in [1.54, 1.807) is 6.07 Å². The van der Waals surface area contributed by atoms with Crippen molar-refractivity contribution in [2.45, 2.75) is 25.8 Å². The molecule has 2 aromatic rings. The molecule has 0 fully saturated rings. The van der Waals surface area contributed by atoms with E-state index in [0.717, 1.165) is 43.3 Å². The molecule has 0 spiro atoms. The van der Waals surface area contributed by atoms with Crippen LogP contribution in [0.4, 0.5) is 4.39 Å². The molecule has 0 aliphatic rings. The highest BCUT2D eigenvalue weighted by atomic mass is 19.1. The number of nitrogens with zero attached hydrogens (tertiary/aromatic N) is 1. The SMILES string of the molecule is NCCCCCn1ccc2ccc(F)cc21. The first-order valence-corrected chi connectivity index (χ1v) is 5.76. The van der Waals surface area contributed by atoms with E-state index in [0.29, 0.717) is 0 Å². The average molecular weight is 220 g/mol. The van der Waals surface area contributed by atoms with Crippen molar-refractivity contribution in [2.24, 2.45) is 5.73 Å². The van der Waals surface area contributed by atoms with Crippen molar-refractivity contribution >= 4 is 10.9 Å². The number of halogens is 1. The van der Waals surface area contributed by atoms with Crippen molar-refractivity contribution in [3.63, 3.8) is 0 Å². The van der Waals surface area contributed by atoms with Gasteiger partial charge in [0.05, 0.1) is 5.52 Å². The van der Waals surface area contributed by atoms with Gasteiger partial charge in [0, 0.05) is 12.7 Å². The molecular weight excluding hydrogens is 203 g/mol. The van der Waals surface area contributed by atoms with Gasteiger partial charge in [-0.25, -0.2) is 4.39 Å². The number of benzene rings is 1. The summed E-state index contributed by atoms with van der Waals surface area (Å²) in [6.07, 6.45) is 5.31. The lowest BCUT2D eigenvalue weighted by Gasteiger charge is -2.04. The molecule has 1 heterocycles. The van der Waals surface area contributed by atoms with Gasteiger partial charge in [-0.2, -0.15) is 0 Å². The lowest BCUT2D eigenvalue weighted by molar-refractivity contribution is 0.600. The highest BCUT2D eigenvalue weighted by Crippen LogP contribution is 2.17. The van der Waals surface area contributed by atoms with Crippen molar-refractivity contribution in [1.29, 1.82) is 0 Å². The van der Waals surface area contributed by atoms with E-state index < -0.39 is 0 Å². The fourth-order valence-corrected chi connectivity index (χ4v) is 1.96. The van der Waals surface area contributed by atoms with E-state index in [4.69, 9.17) is 5.73 Å². The van der Waals surface area contributed by atoms with Crippen LogP contribution in [-0.2, 0) is 6.54 Å². The minimum absolute atomic E-state index is 0.172. The minimum atomic E-state index is -0.172. The van der Waals surface area contributed by atoms with E-state index >= 15 is 0 Å². The molecule has 2 rings (SSSR count). The highest BCUT2D eigenvalue weighted by molar-refractivity contribution is 5.80. The number of hydrogen-bond acceptors (Lipinski definition) is 1. The van der Waals surface area contributed by atoms with Gasteiger partial charge in [0.25, 0.3) is 0 Å². The second-order valence-corrected chi connectivity index (χ2v) is 4.06. The molecule has 0 amide bonds. The summed E-state index contributed by atoms with van der Waals surface area (Å²) in [5.74, 6) is -0.172. The number of aryl methyl sites for hydroxylation is 1. The molecule has 0 aliphatic heterocycles. The van der Waals surface area contributed by atoms with Crippen LogP contribution in [0.15, 0.2) is 30.5 Å². The Morgan fingerprint density at radius 2 is 2.00 bits per heavy atom. The van der Waals surface area contributed by atoms with Crippen LogP contribution in [0.1, 0.15) is 19.3 Å². The molecule has 0 saturated heterocycles. The number of rotatable bonds is 5. The lowest BCUT2D eigenvalue weighted by atomic mass is 10.2. The molecule has 0 unspecified atom stereocenters. The summed E-state index contributed by atoms with van der Waals surface area (Å²) in [7, 11) is 0. The van der Waals surface area contributed by atoms with Crippen LogP contribution < -0.4 is 5.73 Å². The molecule has 16 heavy (non-hydrogen) atoms. The predicted octanol–water partition coefficient (Wildman–Crippen LogP) is 2.91. The second-order valence-electron chi connectivity index (χ2n) is 4.06. The fourth-order valence-electron chi connectivity index (χ4n) is 1.96. The summed E-state index contributed by atoms with van der Waals surface area (Å²) in [6, 6.07) is 6.94. The Kier molecular flexibility index (Phi) is 3.57. The van der Waals surface area contributed by atoms with Crippen LogP contribution in [0, 0.1) is 5.82 Å². The summed E-state index contributed by atoms with van der Waals surface area (Å²) in [4.78, 5) is 0. The number of unbranched alkanes of at least 4 members (excludes halogenated alkanes) is 2. The van der Waals surface area contributed by atoms with E-state index in [-0.39, 0.29) is 5.82 Å². The summed E-state index contributed by atoms with van der Waals surface area (Å²) < 4.78 is 15.2. The molecule has 0 atom stereocenters. The summed E-state index contributed by atoms with van der Waals surface area (Å²) >= 11 is 0. The molecule has 86 valence electrons. The molecule has 1 aromatic heterocycles. The van der Waals surface area contributed by atoms with Gasteiger partial charge in [0.15, 0.2) is 0 Å². The van der Waals surface area contributed by atoms with Crippen LogP contribution >= 0.6 is 0 Å². The fraction of sp³-hybridized carbons (Fsp3) is 0.385. The van der Waals surface area contributed by atoms with Gasteiger partial charge >= 0.3 is 0 Å². The van der Waals surface area contributed by atoms with Crippen molar-refractivity contribution < 1.29 is 4.39 Å². The predicted molar refractivity (Wildman–Crippen MR) is 64.8 cm³/mol. The van der Waals surface area contributed by atoms with E-state index in [1.807, 2.05) is 18.3 Å². The Hall–Kier alpha value is -1.35. The van der Waals surface area contributed by atoms with Crippen LogP contribution in [0.3, 0.4) is 0 Å². The number of nitrogens with two attached hydrogens (primary N) is 1. The monoisotopic (exact) mass is 220 g/mol. The molecule has 0 radical (unpaired) electrons. The van der Waals surface area contributed by atoms with Crippen molar-refractivity contribution in [3.8, 4) is 0 Å². The molecular formula is C13H17FN2. The second kappa shape index (κ2) is 5.12. The average Bonchev–Trinajstić information content (AvgIpc) is 2.67. The number of aromatic nitrogens is 1. The Morgan fingerprint density at radius 3 is 2.81 bits per heavy atom. The van der Waals surface area contributed by atoms with E-state index in [2.05, 4.69) is 4.57 Å². The van der Waals surface area contributed by atoms with Crippen LogP contribution in [0.2, 0.25) is 0 Å². The first-order valence-electron chi connectivity index (χ1n) is 5.76. The van der Waals surface area contributed by atoms with Gasteiger partial charge in [-0.15, -0.1) is 0 Å². The van der Waals surface area contributed by atoms with Crippen LogP contribution in [0.5, 0.6) is 0 Å². The van der Waals surface area contributed by atoms with Gasteiger partial charge in [0.1, 0.15) is 5.82 Å². The largest absolute Gasteiger partial charge is 0.347 e. The zero-order chi connectivity index (χ0) is 11.4. The summed E-state index contributed by atoms with van der Waals surface area (Å²) in [5, 5.41) is 1.10. The summed E-state index contributed by atoms with van der Waals surface area (Å²) in [6.45, 7) is 1.69. The Bertz CT molecular complexity index is 462. The Morgan fingerprint density at radius 1 is 1.12 bits per heavy atom. The van der Waals surface area contributed by atoms with Crippen LogP contribution in [0.25, 0.3) is 10.9 Å². The maximum absolute atomic E-state index is 13.1. The zero-order valence-corrected chi connectivity index (χ0v) is 9.32. The van der Waals surface area contributed by atoms with Gasteiger partial charge in [-0.3, -0.25) is 0 Å². The highest BCUT2D eigenvalue weighted by Gasteiger charge is 2.01. The summed E-state index contributed by atoms with van der Waals surface area (Å²) in [5.41, 5.74) is 6.42. The minimum Gasteiger partial charge on any atom is -0.347 e. The first kappa shape index (κ1) is 11.1. The Balaban J connectivity index is 2.09. The molecule has 0 bridgehead atoms. The first-order chi connectivity index (χ1) is 7.81. The maximum Gasteiger partial charge on any atom is 0.125 e. The molecule has 1 aromatic carbocycles. The topological polar surface area (TPSA) is 30.9 Å². The van der Waals surface area contributed by atoms with Gasteiger partial charge in [-0.1, -0.05) is 6.42 Å². The third kappa shape index (κ3) is 2.42. The smallest absolute Gasteiger partial charge is 0.125 e. The zero-order valence-electron chi connectivity index (χ0n) is 9.32. The normalized spacial score (nSPS) is 11.1. The van der Waals surface area contributed by atoms with Crippen molar-refractivity contribution in [1.82, 2.24) is 4.57 Å². The molecule has 2 N–H and O–H groups in total. The molecule has 0 saturated carbocycles. The third-order valence-corrected chi connectivity index (χ3v) is 2.84. The molecule has 2 nitrogen and oxygen atoms in total. The van der Waals surface area contributed by atoms with Crippen molar-refractivity contribution in [2.75, 3.05) is 6.54 Å². The van der Waals surface area contributed by atoms with E-state index in [9.17, 15) is 4.39 Å². The molecule has 0 aliphatic carbocycles. The van der Waals surface area contributed by atoms with Gasteiger partial charge in [0.2, 0.25) is 0 Å².